The molecule has 7 aromatic rings. The number of carbonyl (C=O) groups is 3. The molecule has 0 spiro atoms. The Morgan fingerprint density at radius 2 is 0.783 bits per heavy atom. The van der Waals surface area contributed by atoms with Gasteiger partial charge in [-0.2, -0.15) is 22.2 Å². The van der Waals surface area contributed by atoms with E-state index in [0.717, 1.165) is 35.7 Å². The number of carbonyl (C=O) groups excluding carboxylic acids is 3. The average molecular weight is 1870 g/mol. The Balaban J connectivity index is -0.00000128. The number of terminal acetylenes is 3. The Labute approximate surface area is 745 Å². The molecule has 115 heavy (non-hydrogen) atoms. The summed E-state index contributed by atoms with van der Waals surface area (Å²) in [5, 5.41) is 6.64. The van der Waals surface area contributed by atoms with Crippen molar-refractivity contribution in [3.8, 4) is 76.7 Å². The first-order valence-electron chi connectivity index (χ1n) is 37.1. The van der Waals surface area contributed by atoms with E-state index in [0.29, 0.717) is 63.8 Å². The number of aryl methyl sites for hydroxylation is 2. The Kier molecular flexibility index (Phi) is 50.4. The van der Waals surface area contributed by atoms with Crippen molar-refractivity contribution < 1.29 is 82.5 Å². The molecular weight excluding hydrogens is 1740 g/mol. The summed E-state index contributed by atoms with van der Waals surface area (Å²) >= 11 is 12.1. The van der Waals surface area contributed by atoms with Crippen LogP contribution in [0.25, 0.3) is 0 Å². The standard InChI is InChI=1S/C19H26O3Si2.C19H26O2Si2.C10H10O3.2C9H13NO3.C9H16Si2.C5H14Cl2Si2.C2H.3CH3.Al.BrH.ClH.Mg/c1-13-9-17-18(24(5,6)12-23(17,3)4)11-14(13)10-15-7-8-16(22-15)19(20)21-2;1-13-9-18-19(23(5,6)12-22(18,3)4)11-15(13)10-16-7-8-17(21-16)14(2)20;1-3-4-5-8-6-7-9(13-8)10(11)12-2;2*1-11-6-4-7(12-2)9(10)8(5-6)13-3;1-7-10(3,4)9-11(5,6)8-2;1-8(2,6)5-9(3,4)7;1-2;;;;;;;/h7-9,11H,10,12H2,1-6H3;7-9,11H,10,12H2,1-6H3;6-7H,5H2,1-2H3;2*4-5H,10H2,1-3H3;1-2H,9H2,3-6H3;5H2,1-4H3;1H;3*1H3;;2*1H;/q;;;;;;;-1;;;;;;;+2/p-1. The van der Waals surface area contributed by atoms with Gasteiger partial charge in [0.15, 0.2) is 11.5 Å². The molecule has 0 saturated heterocycles. The quantitative estimate of drug-likeness (QED) is 0.0155. The molecule has 4 N–H and O–H groups in total. The smallest absolute Gasteiger partial charge is 1.00 e. The first-order chi connectivity index (χ1) is 51.7. The summed E-state index contributed by atoms with van der Waals surface area (Å²) in [6, 6.07) is 27.2. The molecule has 0 radical (unpaired) electrons. The van der Waals surface area contributed by atoms with Crippen LogP contribution in [0.4, 0.5) is 11.4 Å². The van der Waals surface area contributed by atoms with Crippen LogP contribution in [0.15, 0.2) is 98.2 Å². The molecular formula is C85H129AlBrCl3MgN2O14Si8. The number of ketones is 1. The fraction of sp³-hybridized carbons (Fsp3) is 0.447. The summed E-state index contributed by atoms with van der Waals surface area (Å²) in [4.78, 5) is 33.9. The first-order valence-corrected chi connectivity index (χ1v) is 68.2. The van der Waals surface area contributed by atoms with Crippen molar-refractivity contribution in [2.45, 2.75) is 192 Å². The number of nitrogens with two attached hydrogens (primary N) is 2. The van der Waals surface area contributed by atoms with E-state index in [9.17, 15) is 14.4 Å². The minimum absolute atomic E-state index is 0. The third kappa shape index (κ3) is 38.1. The van der Waals surface area contributed by atoms with Gasteiger partial charge in [0.1, 0.15) is 94.1 Å². The van der Waals surface area contributed by atoms with Crippen molar-refractivity contribution in [1.82, 2.24) is 0 Å². The van der Waals surface area contributed by atoms with Gasteiger partial charge in [0.2, 0.25) is 11.5 Å². The average Bonchev–Trinajstić information content (AvgIpc) is 1.60. The summed E-state index contributed by atoms with van der Waals surface area (Å²) in [6.07, 6.45) is 21.9. The normalized spacial score (nSPS) is 12.9. The molecule has 0 atom stereocenters. The SMILES string of the molecule is C#C[Si](C)(C)C[Si](C)(C)C#C.CC#CCc1ccc(C(=O)OC)o1.CC(=O)c1ccc(Cc2cc3c(cc2C)[Si](C)(C)C[Si]3(C)C)o1.COC(=O)c1ccc(Cc2cc3c(cc2C)[Si](C)(C)C[Si]3(C)C)o1.COc1cc(OC)c(N)c(OC)c1.COc1cc(OC)c(N)c(OC)c1.C[Si](C)(Cl)C[Si](C)(C)Cl.Cl.[Br-].[C-]#C.[CH3][Al]([CH3])[CH3].[Mg+2]. The van der Waals surface area contributed by atoms with E-state index < -0.39 is 75.1 Å². The molecule has 0 fully saturated rings. The Morgan fingerprint density at radius 3 is 1.03 bits per heavy atom. The van der Waals surface area contributed by atoms with Crippen LogP contribution in [-0.2, 0) is 28.7 Å². The van der Waals surface area contributed by atoms with Gasteiger partial charge in [0, 0.05) is 44.0 Å². The second-order valence-corrected chi connectivity index (χ2v) is 80.8. The molecule has 16 nitrogen and oxygen atoms in total. The predicted octanol–water partition coefficient (Wildman–Crippen LogP) is 15.7. The molecule has 2 aliphatic heterocycles. The van der Waals surface area contributed by atoms with Crippen LogP contribution in [0.1, 0.15) is 85.0 Å². The number of ether oxygens (including phenoxy) is 8. The number of esters is 2. The van der Waals surface area contributed by atoms with Gasteiger partial charge in [-0.15, -0.1) is 59.6 Å². The van der Waals surface area contributed by atoms with Gasteiger partial charge >= 0.3 is 35.0 Å². The topological polar surface area (TPSA) is 217 Å². The zero-order valence-electron chi connectivity index (χ0n) is 74.5. The molecule has 628 valence electrons. The van der Waals surface area contributed by atoms with Gasteiger partial charge in [-0.05, 0) is 90.8 Å². The molecule has 0 saturated carbocycles. The second kappa shape index (κ2) is 51.1. The van der Waals surface area contributed by atoms with Gasteiger partial charge in [0.25, 0.3) is 14.1 Å². The molecule has 0 bridgehead atoms. The first kappa shape index (κ1) is 114. The summed E-state index contributed by atoms with van der Waals surface area (Å²) in [5.74, 6) is 18.4. The number of hydrogen-bond donors (Lipinski definition) is 2. The number of anilines is 2. The van der Waals surface area contributed by atoms with Gasteiger partial charge in [-0.1, -0.05) is 167 Å². The van der Waals surface area contributed by atoms with Crippen molar-refractivity contribution in [1.29, 1.82) is 0 Å². The molecule has 2 aliphatic rings. The third-order valence-electron chi connectivity index (χ3n) is 17.9. The van der Waals surface area contributed by atoms with E-state index in [2.05, 4.69) is 194 Å². The van der Waals surface area contributed by atoms with Crippen LogP contribution >= 0.6 is 34.6 Å². The van der Waals surface area contributed by atoms with E-state index in [1.54, 1.807) is 126 Å². The van der Waals surface area contributed by atoms with Crippen LogP contribution in [0, 0.1) is 62.5 Å². The number of halogens is 4. The van der Waals surface area contributed by atoms with E-state index in [-0.39, 0.29) is 83.9 Å². The van der Waals surface area contributed by atoms with Crippen molar-refractivity contribution >= 4 is 185 Å². The molecule has 9 rings (SSSR count). The monoisotopic (exact) mass is 1860 g/mol. The molecule has 0 unspecified atom stereocenters. The van der Waals surface area contributed by atoms with Crippen LogP contribution in [0.2, 0.25) is 145 Å². The maximum atomic E-state index is 11.6. The molecule has 4 aromatic carbocycles. The zero-order chi connectivity index (χ0) is 86.5. The van der Waals surface area contributed by atoms with Crippen molar-refractivity contribution in [3.63, 3.8) is 0 Å². The van der Waals surface area contributed by atoms with Crippen LogP contribution in [0.3, 0.4) is 0 Å². The number of methoxy groups -OCH3 is 8. The largest absolute Gasteiger partial charge is 2.00 e. The van der Waals surface area contributed by atoms with Gasteiger partial charge in [0.05, 0.1) is 95.6 Å². The number of nitrogen functional groups attached to an aromatic ring is 2. The number of furan rings is 3. The summed E-state index contributed by atoms with van der Waals surface area (Å²) in [5.41, 5.74) is 28.7. The van der Waals surface area contributed by atoms with Crippen LogP contribution < -0.4 is 77.6 Å². The van der Waals surface area contributed by atoms with E-state index >= 15 is 0 Å². The Bertz CT molecular complexity index is 4280. The minimum Gasteiger partial charge on any atom is -1.00 e. The summed E-state index contributed by atoms with van der Waals surface area (Å²) in [7, 11) is 1.29. The number of benzene rings is 4. The Morgan fingerprint density at radius 1 is 0.504 bits per heavy atom. The van der Waals surface area contributed by atoms with E-state index in [1.807, 2.05) is 12.1 Å². The van der Waals surface area contributed by atoms with E-state index in [1.165, 1.54) is 47.8 Å². The fourth-order valence-corrected chi connectivity index (χ4v) is 68.2. The number of rotatable bonds is 18. The van der Waals surface area contributed by atoms with Crippen LogP contribution in [0.5, 0.6) is 34.5 Å². The maximum absolute atomic E-state index is 11.6. The Hall–Kier alpha value is -5.65. The number of fused-ring (bicyclic) bond motifs is 2. The van der Waals surface area contributed by atoms with Crippen molar-refractivity contribution in [2.75, 3.05) is 68.3 Å². The molecule has 30 heteroatoms. The van der Waals surface area contributed by atoms with Crippen LogP contribution in [-0.4, -0.2) is 175 Å². The molecule has 0 aliphatic carbocycles. The second-order valence-electron chi connectivity index (χ2n) is 33.3. The van der Waals surface area contributed by atoms with Crippen molar-refractivity contribution in [3.05, 3.63) is 148 Å². The van der Waals surface area contributed by atoms with E-state index in [4.69, 9.17) is 99.3 Å². The van der Waals surface area contributed by atoms with Crippen molar-refractivity contribution in [2.24, 2.45) is 0 Å². The summed E-state index contributed by atoms with van der Waals surface area (Å²) < 4.78 is 56.0. The fourth-order valence-electron chi connectivity index (χ4n) is 13.6. The molecule has 3 aromatic heterocycles. The van der Waals surface area contributed by atoms with Gasteiger partial charge in [-0.25, -0.2) is 9.59 Å². The molecule has 0 amide bonds. The van der Waals surface area contributed by atoms with Gasteiger partial charge in [-0.3, -0.25) is 4.79 Å². The number of Topliss-reactive ketones (excluding diaryl/α,β-unsaturated/α-hetero) is 1. The number of hydrogen-bond acceptors (Lipinski definition) is 16. The summed E-state index contributed by atoms with van der Waals surface area (Å²) in [6.45, 7) is 45.1. The maximum Gasteiger partial charge on any atom is 2.00 e. The minimum atomic E-state index is -1.39. The predicted molar refractivity (Wildman–Crippen MR) is 506 cm³/mol. The third-order valence-corrected chi connectivity index (χ3v) is 57.8. The van der Waals surface area contributed by atoms with Gasteiger partial charge < -0.3 is 92.4 Å². The molecule has 5 heterocycles. The zero-order valence-corrected chi connectivity index (χ0v) is 88.9.